The van der Waals surface area contributed by atoms with Gasteiger partial charge >= 0.3 is 0 Å². The number of ether oxygens (including phenoxy) is 2. The number of hydrogen-bond acceptors (Lipinski definition) is 7. The van der Waals surface area contributed by atoms with Gasteiger partial charge in [0.25, 0.3) is 5.88 Å². The van der Waals surface area contributed by atoms with Gasteiger partial charge in [0.1, 0.15) is 5.15 Å². The van der Waals surface area contributed by atoms with E-state index in [0.717, 1.165) is 25.9 Å². The topological polar surface area (TPSA) is 80.6 Å². The van der Waals surface area contributed by atoms with Gasteiger partial charge in [-0.1, -0.05) is 34.8 Å². The van der Waals surface area contributed by atoms with Crippen LogP contribution < -0.4 is 4.74 Å². The van der Waals surface area contributed by atoms with E-state index in [1.54, 1.807) is 24.3 Å². The van der Waals surface area contributed by atoms with E-state index in [-0.39, 0.29) is 16.9 Å². The van der Waals surface area contributed by atoms with E-state index in [9.17, 15) is 5.11 Å². The van der Waals surface area contributed by atoms with Gasteiger partial charge < -0.3 is 14.6 Å². The highest BCUT2D eigenvalue weighted by atomic mass is 35.5. The standard InChI is InChI=1S/C24H24Cl3FN4O3/c1-34-22(33)6-14-2-4-32(5-3-14)13-16-9-19(15-7-17(25)10-18(26)8-15)31-24(23(16)28)35-21-12-29-20(27)11-30-21/h7-12,14,22,33H,2-6,13H2,1H3. The fourth-order valence-corrected chi connectivity index (χ4v) is 4.67. The number of nitrogens with zero attached hydrogens (tertiary/aromatic N) is 4. The Bertz CT molecular complexity index is 1140. The minimum absolute atomic E-state index is 0.0607. The Morgan fingerprint density at radius 2 is 1.80 bits per heavy atom. The molecule has 7 nitrogen and oxygen atoms in total. The van der Waals surface area contributed by atoms with Crippen LogP contribution >= 0.6 is 34.8 Å². The largest absolute Gasteiger partial charge is 0.416 e. The van der Waals surface area contributed by atoms with Crippen LogP contribution in [0.3, 0.4) is 0 Å². The molecule has 1 atom stereocenters. The molecule has 0 bridgehead atoms. The van der Waals surface area contributed by atoms with Gasteiger partial charge in [0.2, 0.25) is 5.88 Å². The monoisotopic (exact) mass is 540 g/mol. The lowest BCUT2D eigenvalue weighted by Gasteiger charge is -2.32. The van der Waals surface area contributed by atoms with Gasteiger partial charge in [-0.3, -0.25) is 4.90 Å². The van der Waals surface area contributed by atoms with Gasteiger partial charge in [-0.05, 0) is 56.1 Å². The number of benzene rings is 1. The van der Waals surface area contributed by atoms with E-state index in [0.29, 0.717) is 45.7 Å². The molecule has 1 unspecified atom stereocenters. The molecule has 0 spiro atoms. The number of aliphatic hydroxyl groups excluding tert-OH is 1. The van der Waals surface area contributed by atoms with Crippen molar-refractivity contribution in [3.05, 3.63) is 63.2 Å². The van der Waals surface area contributed by atoms with E-state index in [1.807, 2.05) is 0 Å². The fourth-order valence-electron chi connectivity index (χ4n) is 4.04. The lowest BCUT2D eigenvalue weighted by atomic mass is 9.93. The molecule has 0 aliphatic carbocycles. The molecule has 186 valence electrons. The average molecular weight is 542 g/mol. The maximum absolute atomic E-state index is 15.6. The number of rotatable bonds is 8. The molecule has 0 amide bonds. The fraction of sp³-hybridized carbons (Fsp3) is 0.375. The number of aliphatic hydroxyl groups is 1. The zero-order valence-electron chi connectivity index (χ0n) is 18.9. The molecule has 0 saturated carbocycles. The van der Waals surface area contributed by atoms with Crippen LogP contribution in [0.25, 0.3) is 11.3 Å². The Labute approximate surface area is 217 Å². The molecule has 1 N–H and O–H groups in total. The summed E-state index contributed by atoms with van der Waals surface area (Å²) >= 11 is 18.2. The molecular formula is C24H24Cl3FN4O3. The van der Waals surface area contributed by atoms with Crippen molar-refractivity contribution in [2.75, 3.05) is 20.2 Å². The highest BCUT2D eigenvalue weighted by molar-refractivity contribution is 6.35. The highest BCUT2D eigenvalue weighted by Gasteiger charge is 2.24. The van der Waals surface area contributed by atoms with Crippen LogP contribution in [-0.4, -0.2) is 51.4 Å². The van der Waals surface area contributed by atoms with Gasteiger partial charge in [-0.25, -0.2) is 19.3 Å². The Morgan fingerprint density at radius 1 is 1.09 bits per heavy atom. The number of methoxy groups -OCH3 is 1. The summed E-state index contributed by atoms with van der Waals surface area (Å²) in [4.78, 5) is 14.5. The molecule has 35 heavy (non-hydrogen) atoms. The van der Waals surface area contributed by atoms with E-state index >= 15 is 4.39 Å². The number of halogens is 4. The van der Waals surface area contributed by atoms with Crippen LogP contribution in [-0.2, 0) is 11.3 Å². The minimum Gasteiger partial charge on any atom is -0.416 e. The second kappa shape index (κ2) is 11.8. The molecule has 0 radical (unpaired) electrons. The predicted octanol–water partition coefficient (Wildman–Crippen LogP) is 6.00. The molecular weight excluding hydrogens is 518 g/mol. The summed E-state index contributed by atoms with van der Waals surface area (Å²) in [5.41, 5.74) is 1.50. The molecule has 3 heterocycles. The minimum atomic E-state index is -0.757. The second-order valence-electron chi connectivity index (χ2n) is 8.37. The third-order valence-corrected chi connectivity index (χ3v) is 6.50. The SMILES string of the molecule is COC(O)CC1CCN(Cc2cc(-c3cc(Cl)cc(Cl)c3)nc(Oc3cnc(Cl)cn3)c2F)CC1. The van der Waals surface area contributed by atoms with Crippen LogP contribution in [0.5, 0.6) is 11.8 Å². The first-order valence-corrected chi connectivity index (χ1v) is 12.2. The first-order chi connectivity index (χ1) is 16.8. The van der Waals surface area contributed by atoms with Crippen molar-refractivity contribution < 1.29 is 19.0 Å². The first-order valence-electron chi connectivity index (χ1n) is 11.0. The van der Waals surface area contributed by atoms with Crippen LogP contribution in [0.1, 0.15) is 24.8 Å². The van der Waals surface area contributed by atoms with Gasteiger partial charge in [-0.15, -0.1) is 0 Å². The van der Waals surface area contributed by atoms with E-state index < -0.39 is 12.1 Å². The Kier molecular flexibility index (Phi) is 8.75. The lowest BCUT2D eigenvalue weighted by molar-refractivity contribution is -0.0910. The van der Waals surface area contributed by atoms with Gasteiger partial charge in [-0.2, -0.15) is 0 Å². The second-order valence-corrected chi connectivity index (χ2v) is 9.63. The summed E-state index contributed by atoms with van der Waals surface area (Å²) in [6.07, 6.45) is 4.20. The molecule has 11 heteroatoms. The predicted molar refractivity (Wildman–Crippen MR) is 132 cm³/mol. The molecule has 1 saturated heterocycles. The van der Waals surface area contributed by atoms with Crippen LogP contribution in [0.15, 0.2) is 36.7 Å². The lowest BCUT2D eigenvalue weighted by Crippen LogP contribution is -2.34. The van der Waals surface area contributed by atoms with E-state index in [1.165, 1.54) is 19.5 Å². The van der Waals surface area contributed by atoms with Gasteiger partial charge in [0.05, 0.1) is 18.1 Å². The van der Waals surface area contributed by atoms with Crippen molar-refractivity contribution in [3.8, 4) is 23.0 Å². The quantitative estimate of drug-likeness (QED) is 0.351. The molecule has 3 aromatic rings. The van der Waals surface area contributed by atoms with Gasteiger partial charge in [0, 0.05) is 41.2 Å². The van der Waals surface area contributed by atoms with Crippen molar-refractivity contribution >= 4 is 34.8 Å². The van der Waals surface area contributed by atoms with Crippen molar-refractivity contribution in [1.29, 1.82) is 0 Å². The molecule has 1 aliphatic rings. The Hall–Kier alpha value is -2.07. The molecule has 2 aromatic heterocycles. The molecule has 1 aliphatic heterocycles. The van der Waals surface area contributed by atoms with Crippen molar-refractivity contribution in [1.82, 2.24) is 19.9 Å². The van der Waals surface area contributed by atoms with Crippen LogP contribution in [0.2, 0.25) is 15.2 Å². The van der Waals surface area contributed by atoms with Crippen LogP contribution in [0, 0.1) is 11.7 Å². The first kappa shape index (κ1) is 26.0. The summed E-state index contributed by atoms with van der Waals surface area (Å²) in [7, 11) is 1.49. The van der Waals surface area contributed by atoms with Crippen LogP contribution in [0.4, 0.5) is 4.39 Å². The normalized spacial score (nSPS) is 15.8. The van der Waals surface area contributed by atoms with Crippen molar-refractivity contribution in [2.45, 2.75) is 32.1 Å². The molecule has 4 rings (SSSR count). The third kappa shape index (κ3) is 7.00. The Balaban J connectivity index is 1.61. The van der Waals surface area contributed by atoms with Crippen molar-refractivity contribution in [3.63, 3.8) is 0 Å². The Morgan fingerprint density at radius 3 is 2.43 bits per heavy atom. The average Bonchev–Trinajstić information content (AvgIpc) is 2.83. The maximum atomic E-state index is 15.6. The summed E-state index contributed by atoms with van der Waals surface area (Å²) in [5, 5.41) is 10.8. The summed E-state index contributed by atoms with van der Waals surface area (Å²) < 4.78 is 26.2. The number of aromatic nitrogens is 3. The molecule has 1 fully saturated rings. The summed E-state index contributed by atoms with van der Waals surface area (Å²) in [5.74, 6) is -0.403. The zero-order valence-corrected chi connectivity index (χ0v) is 21.2. The summed E-state index contributed by atoms with van der Waals surface area (Å²) in [6, 6.07) is 6.70. The smallest absolute Gasteiger partial charge is 0.258 e. The van der Waals surface area contributed by atoms with Gasteiger partial charge in [0.15, 0.2) is 12.1 Å². The zero-order chi connectivity index (χ0) is 24.9. The van der Waals surface area contributed by atoms with Crippen molar-refractivity contribution in [2.24, 2.45) is 5.92 Å². The van der Waals surface area contributed by atoms with E-state index in [4.69, 9.17) is 44.3 Å². The number of piperidine rings is 1. The van der Waals surface area contributed by atoms with E-state index in [2.05, 4.69) is 19.9 Å². The highest BCUT2D eigenvalue weighted by Crippen LogP contribution is 2.33. The third-order valence-electron chi connectivity index (χ3n) is 5.87. The number of hydrogen-bond donors (Lipinski definition) is 1. The number of likely N-dealkylation sites (tertiary alicyclic amines) is 1. The molecule has 1 aromatic carbocycles. The summed E-state index contributed by atoms with van der Waals surface area (Å²) in [6.45, 7) is 1.89. The number of pyridine rings is 1. The maximum Gasteiger partial charge on any atom is 0.258 e.